The van der Waals surface area contributed by atoms with Gasteiger partial charge >= 0.3 is 0 Å². The van der Waals surface area contributed by atoms with Crippen LogP contribution in [0.25, 0.3) is 0 Å². The molecule has 2 heterocycles. The molecule has 1 aliphatic heterocycles. The Labute approximate surface area is 112 Å². The van der Waals surface area contributed by atoms with Crippen LogP contribution in [-0.2, 0) is 10.2 Å². The topological polar surface area (TPSA) is 42.4 Å². The molecule has 1 saturated heterocycles. The maximum absolute atomic E-state index is 11.2. The largest absolute Gasteiger partial charge is 0.375 e. The fraction of sp³-hybridized carbons (Fsp3) is 0.692. The van der Waals surface area contributed by atoms with Gasteiger partial charge in [0.2, 0.25) is 0 Å². The van der Waals surface area contributed by atoms with Gasteiger partial charge in [-0.15, -0.1) is 0 Å². The predicted molar refractivity (Wildman–Crippen MR) is 73.8 cm³/mol. The van der Waals surface area contributed by atoms with Gasteiger partial charge < -0.3 is 9.64 Å². The first-order valence-corrected chi connectivity index (χ1v) is 7.06. The summed E-state index contributed by atoms with van der Waals surface area (Å²) in [5.41, 5.74) is 0.805. The fourth-order valence-electron chi connectivity index (χ4n) is 2.06. The number of nitrogens with zero attached hydrogens (tertiary/aromatic N) is 2. The van der Waals surface area contributed by atoms with Crippen molar-refractivity contribution in [2.24, 2.45) is 0 Å². The van der Waals surface area contributed by atoms with Crippen LogP contribution < -0.4 is 4.90 Å². The molecule has 0 amide bonds. The maximum Gasteiger partial charge on any atom is 0.186 e. The van der Waals surface area contributed by atoms with E-state index in [9.17, 15) is 4.79 Å². The van der Waals surface area contributed by atoms with Gasteiger partial charge in [0.05, 0.1) is 23.3 Å². The summed E-state index contributed by atoms with van der Waals surface area (Å²) >= 11 is 1.49. The molecule has 100 valence electrons. The van der Waals surface area contributed by atoms with Crippen molar-refractivity contribution in [1.29, 1.82) is 0 Å². The summed E-state index contributed by atoms with van der Waals surface area (Å²) in [6.07, 6.45) is 1.14. The molecule has 5 heteroatoms. The second kappa shape index (κ2) is 4.97. The number of hydrogen-bond acceptors (Lipinski definition) is 5. The summed E-state index contributed by atoms with van der Waals surface area (Å²) in [4.78, 5) is 18.8. The van der Waals surface area contributed by atoms with Crippen molar-refractivity contribution in [2.45, 2.75) is 39.2 Å². The van der Waals surface area contributed by atoms with Crippen molar-refractivity contribution < 1.29 is 9.53 Å². The fourth-order valence-corrected chi connectivity index (χ4v) is 3.19. The van der Waals surface area contributed by atoms with Crippen LogP contribution in [0.1, 0.15) is 43.1 Å². The van der Waals surface area contributed by atoms with E-state index in [0.717, 1.165) is 41.7 Å². The van der Waals surface area contributed by atoms with Gasteiger partial charge in [-0.2, -0.15) is 0 Å². The van der Waals surface area contributed by atoms with Crippen LogP contribution in [-0.4, -0.2) is 37.1 Å². The lowest BCUT2D eigenvalue weighted by molar-refractivity contribution is 0.0532. The van der Waals surface area contributed by atoms with Crippen LogP contribution in [0, 0.1) is 0 Å². The lowest BCUT2D eigenvalue weighted by atomic mass is 9.91. The molecule has 0 saturated carbocycles. The van der Waals surface area contributed by atoms with Crippen LogP contribution in [0.5, 0.6) is 0 Å². The van der Waals surface area contributed by atoms with Gasteiger partial charge in [-0.05, 0) is 6.92 Å². The van der Waals surface area contributed by atoms with Gasteiger partial charge in [0, 0.05) is 18.5 Å². The second-order valence-corrected chi connectivity index (χ2v) is 6.71. The van der Waals surface area contributed by atoms with Gasteiger partial charge in [0.1, 0.15) is 0 Å². The van der Waals surface area contributed by atoms with Crippen LogP contribution in [0.4, 0.5) is 5.13 Å². The number of thiazole rings is 1. The van der Waals surface area contributed by atoms with E-state index in [4.69, 9.17) is 4.74 Å². The van der Waals surface area contributed by atoms with E-state index in [2.05, 4.69) is 37.6 Å². The van der Waals surface area contributed by atoms with E-state index in [1.807, 2.05) is 0 Å². The Balaban J connectivity index is 2.29. The van der Waals surface area contributed by atoms with Gasteiger partial charge in [-0.1, -0.05) is 32.1 Å². The lowest BCUT2D eigenvalue weighted by Crippen LogP contribution is -2.41. The Morgan fingerprint density at radius 1 is 1.50 bits per heavy atom. The number of ether oxygens (including phenoxy) is 1. The Bertz CT molecular complexity index is 437. The standard InChI is InChI=1S/C13H20N2O2S/c1-9-7-15(5-6-17-9)12-14-11(13(2,3)4)10(8-16)18-12/h8-9H,5-7H2,1-4H3. The minimum Gasteiger partial charge on any atom is -0.375 e. The Kier molecular flexibility index (Phi) is 3.73. The molecule has 4 nitrogen and oxygen atoms in total. The molecule has 1 unspecified atom stereocenters. The molecule has 18 heavy (non-hydrogen) atoms. The Morgan fingerprint density at radius 2 is 2.22 bits per heavy atom. The van der Waals surface area contributed by atoms with Crippen molar-refractivity contribution in [3.63, 3.8) is 0 Å². The van der Waals surface area contributed by atoms with Crippen LogP contribution in [0.2, 0.25) is 0 Å². The molecule has 1 aliphatic rings. The molecule has 0 spiro atoms. The highest BCUT2D eigenvalue weighted by atomic mass is 32.1. The molecule has 1 aromatic rings. The highest BCUT2D eigenvalue weighted by Crippen LogP contribution is 2.33. The average molecular weight is 268 g/mol. The third-order valence-corrected chi connectivity index (χ3v) is 4.01. The lowest BCUT2D eigenvalue weighted by Gasteiger charge is -2.30. The molecule has 0 N–H and O–H groups in total. The smallest absolute Gasteiger partial charge is 0.186 e. The number of carbonyl (C=O) groups excluding carboxylic acids is 1. The highest BCUT2D eigenvalue weighted by molar-refractivity contribution is 7.17. The predicted octanol–water partition coefficient (Wildman–Crippen LogP) is 2.48. The molecular formula is C13H20N2O2S. The zero-order chi connectivity index (χ0) is 13.3. The SMILES string of the molecule is CC1CN(c2nc(C(C)(C)C)c(C=O)s2)CCO1. The molecule has 1 aromatic heterocycles. The van der Waals surface area contributed by atoms with Crippen LogP contribution >= 0.6 is 11.3 Å². The number of aldehydes is 1. The zero-order valence-corrected chi connectivity index (χ0v) is 12.2. The Morgan fingerprint density at radius 3 is 2.72 bits per heavy atom. The number of morpholine rings is 1. The number of anilines is 1. The zero-order valence-electron chi connectivity index (χ0n) is 11.4. The molecule has 1 fully saturated rings. The average Bonchev–Trinajstić information content (AvgIpc) is 2.72. The van der Waals surface area contributed by atoms with Gasteiger partial charge in [-0.3, -0.25) is 4.79 Å². The number of aromatic nitrogens is 1. The van der Waals surface area contributed by atoms with Crippen molar-refractivity contribution in [1.82, 2.24) is 4.98 Å². The van der Waals surface area contributed by atoms with E-state index >= 15 is 0 Å². The van der Waals surface area contributed by atoms with Gasteiger partial charge in [0.15, 0.2) is 11.4 Å². The van der Waals surface area contributed by atoms with Crippen LogP contribution in [0.3, 0.4) is 0 Å². The van der Waals surface area contributed by atoms with E-state index < -0.39 is 0 Å². The third-order valence-electron chi connectivity index (χ3n) is 2.97. The molecule has 0 radical (unpaired) electrons. The minimum absolute atomic E-state index is 0.0943. The summed E-state index contributed by atoms with van der Waals surface area (Å²) in [7, 11) is 0. The number of carbonyl (C=O) groups is 1. The molecule has 2 rings (SSSR count). The van der Waals surface area contributed by atoms with Gasteiger partial charge in [0.25, 0.3) is 0 Å². The quantitative estimate of drug-likeness (QED) is 0.773. The first-order valence-electron chi connectivity index (χ1n) is 6.25. The first kappa shape index (κ1) is 13.5. The monoisotopic (exact) mass is 268 g/mol. The maximum atomic E-state index is 11.2. The summed E-state index contributed by atoms with van der Waals surface area (Å²) in [5.74, 6) is 0. The molecule has 1 atom stereocenters. The van der Waals surface area contributed by atoms with E-state index in [0.29, 0.717) is 0 Å². The molecule has 0 bridgehead atoms. The van der Waals surface area contributed by atoms with Crippen molar-refractivity contribution in [2.75, 3.05) is 24.6 Å². The van der Waals surface area contributed by atoms with Crippen molar-refractivity contribution in [3.05, 3.63) is 10.6 Å². The normalized spacial score (nSPS) is 21.1. The second-order valence-electron chi connectivity index (χ2n) is 5.70. The third kappa shape index (κ3) is 2.72. The molecule has 0 aliphatic carbocycles. The summed E-state index contributed by atoms with van der Waals surface area (Å²) in [6.45, 7) is 10.7. The Hall–Kier alpha value is -0.940. The summed E-state index contributed by atoms with van der Waals surface area (Å²) in [6, 6.07) is 0. The van der Waals surface area contributed by atoms with E-state index in [-0.39, 0.29) is 11.5 Å². The molecular weight excluding hydrogens is 248 g/mol. The molecule has 0 aromatic carbocycles. The number of hydrogen-bond donors (Lipinski definition) is 0. The van der Waals surface area contributed by atoms with Crippen LogP contribution in [0.15, 0.2) is 0 Å². The van der Waals surface area contributed by atoms with E-state index in [1.165, 1.54) is 11.3 Å². The van der Waals surface area contributed by atoms with Crippen molar-refractivity contribution >= 4 is 22.8 Å². The minimum atomic E-state index is -0.0943. The first-order chi connectivity index (χ1) is 8.41. The van der Waals surface area contributed by atoms with Gasteiger partial charge in [-0.25, -0.2) is 4.98 Å². The van der Waals surface area contributed by atoms with E-state index in [1.54, 1.807) is 0 Å². The number of rotatable bonds is 2. The summed E-state index contributed by atoms with van der Waals surface area (Å²) < 4.78 is 5.53. The summed E-state index contributed by atoms with van der Waals surface area (Å²) in [5, 5.41) is 0.942. The highest BCUT2D eigenvalue weighted by Gasteiger charge is 2.26. The van der Waals surface area contributed by atoms with Crippen molar-refractivity contribution in [3.8, 4) is 0 Å².